The Morgan fingerprint density at radius 3 is 2.18 bits per heavy atom. The van der Waals surface area contributed by atoms with E-state index in [1.54, 1.807) is 12.4 Å². The quantitative estimate of drug-likeness (QED) is 0.442. The summed E-state index contributed by atoms with van der Waals surface area (Å²) in [4.78, 5) is 15.8. The lowest BCUT2D eigenvalue weighted by Crippen LogP contribution is -2.45. The first-order valence-corrected chi connectivity index (χ1v) is 12.9. The molecule has 1 aliphatic carbocycles. The van der Waals surface area contributed by atoms with Crippen LogP contribution in [0.3, 0.4) is 0 Å². The summed E-state index contributed by atoms with van der Waals surface area (Å²) in [6, 6.07) is 3.61. The Bertz CT molecular complexity index is 1080. The van der Waals surface area contributed by atoms with Gasteiger partial charge in [0.25, 0.3) is 0 Å². The average molecular weight is 543 g/mol. The smallest absolute Gasteiger partial charge is 0.352 e. The summed E-state index contributed by atoms with van der Waals surface area (Å²) in [5, 5.41) is 10.5. The summed E-state index contributed by atoms with van der Waals surface area (Å²) in [7, 11) is 0. The van der Waals surface area contributed by atoms with E-state index in [0.717, 1.165) is 32.4 Å². The van der Waals surface area contributed by atoms with Gasteiger partial charge in [-0.2, -0.15) is 36.5 Å². The molecule has 2 atom stereocenters. The molecule has 4 rings (SSSR count). The van der Waals surface area contributed by atoms with Gasteiger partial charge < -0.3 is 10.2 Å². The lowest BCUT2D eigenvalue weighted by Gasteiger charge is -2.38. The normalized spacial score (nSPS) is 23.7. The van der Waals surface area contributed by atoms with Crippen LogP contribution < -0.4 is 5.32 Å². The molecule has 2 heterocycles. The van der Waals surface area contributed by atoms with Crippen LogP contribution in [0.1, 0.15) is 74.1 Å². The number of piperidine rings is 1. The van der Waals surface area contributed by atoms with Crippen molar-refractivity contribution in [3.8, 4) is 0 Å². The monoisotopic (exact) mass is 542 g/mol. The van der Waals surface area contributed by atoms with Crippen LogP contribution >= 0.6 is 0 Å². The predicted octanol–water partition coefficient (Wildman–Crippen LogP) is 6.20. The number of hydrogen-bond acceptors (Lipinski definition) is 4. The topological polar surface area (TPSA) is 58.1 Å². The molecule has 1 N–H and O–H groups in total. The molecule has 1 aliphatic heterocycles. The molecule has 0 unspecified atom stereocenters. The first-order chi connectivity index (χ1) is 17.8. The number of aromatic nitrogens is 2. The van der Waals surface area contributed by atoms with Crippen LogP contribution in [0.15, 0.2) is 36.7 Å². The zero-order valence-corrected chi connectivity index (χ0v) is 21.4. The van der Waals surface area contributed by atoms with E-state index in [2.05, 4.69) is 20.4 Å². The van der Waals surface area contributed by atoms with Crippen molar-refractivity contribution in [1.82, 2.24) is 20.4 Å². The molecule has 2 aliphatic rings. The zero-order valence-electron chi connectivity index (χ0n) is 21.4. The highest BCUT2D eigenvalue weighted by molar-refractivity contribution is 5.83. The van der Waals surface area contributed by atoms with Crippen molar-refractivity contribution in [1.29, 1.82) is 0 Å². The molecule has 1 aromatic carbocycles. The summed E-state index contributed by atoms with van der Waals surface area (Å²) in [6.07, 6.45) is -2.39. The summed E-state index contributed by atoms with van der Waals surface area (Å²) >= 11 is 0. The minimum atomic E-state index is -4.93. The van der Waals surface area contributed by atoms with Crippen LogP contribution in [0.5, 0.6) is 0 Å². The standard InChI is InChI=1S/C27H32F6N4O/c1-17(2)25(7-3-23(14-25)37-9-5-19(6-10-37)20-4-8-35-36-16-20)24(38)34-15-18-11-21(26(28,29)30)13-22(12-18)27(31,32)33/h4,8,11-13,16-17,19,23H,3,5-7,9-10,14-15H2,1-2H3,(H,34,38)/t23-,25+/m1/s1. The van der Waals surface area contributed by atoms with Crippen LogP contribution in [0, 0.1) is 11.3 Å². The third-order valence-corrected chi connectivity index (χ3v) is 8.31. The van der Waals surface area contributed by atoms with Gasteiger partial charge in [0.1, 0.15) is 0 Å². The molecule has 208 valence electrons. The number of carbonyl (C=O) groups excluding carboxylic acids is 1. The number of nitrogens with one attached hydrogen (secondary N) is 1. The van der Waals surface area contributed by atoms with Crippen LogP contribution in [-0.4, -0.2) is 40.1 Å². The molecule has 5 nitrogen and oxygen atoms in total. The Morgan fingerprint density at radius 1 is 1.03 bits per heavy atom. The number of carbonyl (C=O) groups is 1. The largest absolute Gasteiger partial charge is 0.416 e. The highest BCUT2D eigenvalue weighted by Gasteiger charge is 2.49. The van der Waals surface area contributed by atoms with E-state index in [1.807, 2.05) is 19.9 Å². The van der Waals surface area contributed by atoms with Crippen LogP contribution in [0.25, 0.3) is 0 Å². The maximum absolute atomic E-state index is 13.4. The van der Waals surface area contributed by atoms with Gasteiger partial charge in [-0.1, -0.05) is 13.8 Å². The summed E-state index contributed by atoms with van der Waals surface area (Å²) in [5.41, 5.74) is -2.57. The van der Waals surface area contributed by atoms with E-state index in [4.69, 9.17) is 0 Å². The molecule has 0 spiro atoms. The number of likely N-dealkylation sites (tertiary alicyclic amines) is 1. The molecular weight excluding hydrogens is 510 g/mol. The van der Waals surface area contributed by atoms with Gasteiger partial charge in [0.2, 0.25) is 5.91 Å². The Balaban J connectivity index is 1.42. The van der Waals surface area contributed by atoms with Crippen LogP contribution in [-0.2, 0) is 23.7 Å². The van der Waals surface area contributed by atoms with Gasteiger partial charge in [0.15, 0.2) is 0 Å². The lowest BCUT2D eigenvalue weighted by atomic mass is 9.74. The van der Waals surface area contributed by atoms with Crippen molar-refractivity contribution in [3.05, 3.63) is 58.9 Å². The molecule has 1 saturated carbocycles. The number of halogens is 6. The molecule has 2 fully saturated rings. The molecule has 0 bridgehead atoms. The molecule has 1 saturated heterocycles. The van der Waals surface area contributed by atoms with E-state index in [0.29, 0.717) is 30.9 Å². The molecule has 2 aromatic rings. The minimum absolute atomic E-state index is 0.0415. The first-order valence-electron chi connectivity index (χ1n) is 12.9. The van der Waals surface area contributed by atoms with Gasteiger partial charge in [0.05, 0.1) is 22.7 Å². The molecule has 0 radical (unpaired) electrons. The van der Waals surface area contributed by atoms with Gasteiger partial charge in [-0.05, 0) is 92.4 Å². The van der Waals surface area contributed by atoms with Crippen molar-refractivity contribution in [3.63, 3.8) is 0 Å². The third kappa shape index (κ3) is 6.13. The van der Waals surface area contributed by atoms with Crippen molar-refractivity contribution in [2.45, 2.75) is 76.8 Å². The molecule has 38 heavy (non-hydrogen) atoms. The highest BCUT2D eigenvalue weighted by atomic mass is 19.4. The van der Waals surface area contributed by atoms with E-state index in [9.17, 15) is 31.1 Å². The van der Waals surface area contributed by atoms with Crippen molar-refractivity contribution in [2.24, 2.45) is 11.3 Å². The van der Waals surface area contributed by atoms with Gasteiger partial charge in [-0.3, -0.25) is 4.79 Å². The van der Waals surface area contributed by atoms with Crippen LogP contribution in [0.4, 0.5) is 26.3 Å². The van der Waals surface area contributed by atoms with Crippen molar-refractivity contribution >= 4 is 5.91 Å². The fourth-order valence-electron chi connectivity index (χ4n) is 5.97. The van der Waals surface area contributed by atoms with Gasteiger partial charge >= 0.3 is 12.4 Å². The number of nitrogens with zero attached hydrogens (tertiary/aromatic N) is 3. The SMILES string of the molecule is CC(C)[C@]1(C(=O)NCc2cc(C(F)(F)F)cc(C(F)(F)F)c2)CC[C@@H](N2CCC(c3ccnnc3)CC2)C1. The first kappa shape index (κ1) is 28.3. The molecule has 1 aromatic heterocycles. The second-order valence-electron chi connectivity index (χ2n) is 10.8. The minimum Gasteiger partial charge on any atom is -0.352 e. The van der Waals surface area contributed by atoms with Gasteiger partial charge in [0, 0.05) is 18.8 Å². The van der Waals surface area contributed by atoms with Crippen molar-refractivity contribution < 1.29 is 31.1 Å². The van der Waals surface area contributed by atoms with E-state index >= 15 is 0 Å². The fraction of sp³-hybridized carbons (Fsp3) is 0.593. The Labute approximate surface area is 218 Å². The van der Waals surface area contributed by atoms with Crippen molar-refractivity contribution in [2.75, 3.05) is 13.1 Å². The number of amides is 1. The molecule has 11 heteroatoms. The predicted molar refractivity (Wildman–Crippen MR) is 129 cm³/mol. The zero-order chi connectivity index (χ0) is 27.7. The van der Waals surface area contributed by atoms with Gasteiger partial charge in [-0.25, -0.2) is 0 Å². The van der Waals surface area contributed by atoms with E-state index < -0.39 is 35.4 Å². The second-order valence-corrected chi connectivity index (χ2v) is 10.8. The summed E-state index contributed by atoms with van der Waals surface area (Å²) < 4.78 is 79.3. The van der Waals surface area contributed by atoms with Crippen LogP contribution in [0.2, 0.25) is 0 Å². The summed E-state index contributed by atoms with van der Waals surface area (Å²) in [6.45, 7) is 5.25. The number of hydrogen-bond donors (Lipinski definition) is 1. The second kappa shape index (κ2) is 10.8. The maximum atomic E-state index is 13.4. The average Bonchev–Trinajstić information content (AvgIpc) is 3.34. The Kier molecular flexibility index (Phi) is 8.07. The number of rotatable bonds is 6. The number of alkyl halides is 6. The third-order valence-electron chi connectivity index (χ3n) is 8.31. The van der Waals surface area contributed by atoms with E-state index in [-0.39, 0.29) is 29.5 Å². The van der Waals surface area contributed by atoms with Gasteiger partial charge in [-0.15, -0.1) is 0 Å². The molecular formula is C27H32F6N4O. The summed E-state index contributed by atoms with van der Waals surface area (Å²) in [5.74, 6) is 0.0502. The molecule has 1 amide bonds. The number of benzene rings is 1. The van der Waals surface area contributed by atoms with E-state index in [1.165, 1.54) is 5.56 Å². The lowest BCUT2D eigenvalue weighted by molar-refractivity contribution is -0.143. The fourth-order valence-corrected chi connectivity index (χ4v) is 5.97. The Morgan fingerprint density at radius 2 is 1.66 bits per heavy atom. The highest BCUT2D eigenvalue weighted by Crippen LogP contribution is 2.47. The Hall–Kier alpha value is -2.69. The maximum Gasteiger partial charge on any atom is 0.416 e.